The standard InChI is InChI=1S/C14H17ClN4O2.ClH/c1-19-6-5-16-8-12(19)14-17-13(21-18-14)9-20-11-4-2-3-10(15)7-11;/h2-4,7,12,16H,5-6,8-9H2,1H3;1H. The fourth-order valence-electron chi connectivity index (χ4n) is 2.26. The maximum Gasteiger partial charge on any atom is 0.264 e. The lowest BCUT2D eigenvalue weighted by atomic mass is 10.2. The number of hydrogen-bond donors (Lipinski definition) is 1. The number of rotatable bonds is 4. The molecule has 0 aliphatic carbocycles. The Labute approximate surface area is 140 Å². The van der Waals surface area contributed by atoms with Crippen molar-refractivity contribution in [2.45, 2.75) is 12.6 Å². The molecule has 1 aliphatic heterocycles. The Kier molecular flexibility index (Phi) is 6.02. The molecule has 22 heavy (non-hydrogen) atoms. The van der Waals surface area contributed by atoms with Crippen molar-refractivity contribution in [2.75, 3.05) is 26.7 Å². The minimum atomic E-state index is 0. The van der Waals surface area contributed by atoms with Crippen molar-refractivity contribution >= 4 is 24.0 Å². The molecule has 8 heteroatoms. The number of hydrogen-bond acceptors (Lipinski definition) is 6. The summed E-state index contributed by atoms with van der Waals surface area (Å²) < 4.78 is 10.8. The van der Waals surface area contributed by atoms with E-state index in [0.29, 0.717) is 22.5 Å². The van der Waals surface area contributed by atoms with E-state index in [-0.39, 0.29) is 25.1 Å². The van der Waals surface area contributed by atoms with Gasteiger partial charge in [-0.25, -0.2) is 0 Å². The van der Waals surface area contributed by atoms with Crippen molar-refractivity contribution in [3.05, 3.63) is 41.0 Å². The van der Waals surface area contributed by atoms with Crippen LogP contribution in [0.25, 0.3) is 0 Å². The first kappa shape index (κ1) is 17.0. The number of likely N-dealkylation sites (N-methyl/N-ethyl adjacent to an activating group) is 1. The topological polar surface area (TPSA) is 63.4 Å². The van der Waals surface area contributed by atoms with Crippen LogP contribution in [0.1, 0.15) is 17.8 Å². The summed E-state index contributed by atoms with van der Waals surface area (Å²) in [6, 6.07) is 7.35. The number of benzene rings is 1. The molecule has 2 heterocycles. The lowest BCUT2D eigenvalue weighted by Crippen LogP contribution is -2.44. The highest BCUT2D eigenvalue weighted by atomic mass is 35.5. The van der Waals surface area contributed by atoms with Crippen LogP contribution in [0.15, 0.2) is 28.8 Å². The number of ether oxygens (including phenoxy) is 1. The summed E-state index contributed by atoms with van der Waals surface area (Å²) in [5, 5.41) is 8.01. The van der Waals surface area contributed by atoms with E-state index in [4.69, 9.17) is 20.9 Å². The molecule has 1 N–H and O–H groups in total. The number of piperazine rings is 1. The zero-order valence-electron chi connectivity index (χ0n) is 12.2. The van der Waals surface area contributed by atoms with Gasteiger partial charge in [-0.1, -0.05) is 22.8 Å². The smallest absolute Gasteiger partial charge is 0.264 e. The second kappa shape index (κ2) is 7.78. The van der Waals surface area contributed by atoms with E-state index in [1.165, 1.54) is 0 Å². The molecule has 0 bridgehead atoms. The van der Waals surface area contributed by atoms with Crippen LogP contribution < -0.4 is 10.1 Å². The summed E-state index contributed by atoms with van der Waals surface area (Å²) in [7, 11) is 2.06. The molecule has 1 fully saturated rings. The fourth-order valence-corrected chi connectivity index (χ4v) is 2.44. The van der Waals surface area contributed by atoms with Gasteiger partial charge < -0.3 is 14.6 Å². The maximum atomic E-state index is 5.90. The van der Waals surface area contributed by atoms with Gasteiger partial charge in [0.15, 0.2) is 12.4 Å². The highest BCUT2D eigenvalue weighted by Crippen LogP contribution is 2.20. The van der Waals surface area contributed by atoms with Gasteiger partial charge in [0.05, 0.1) is 6.04 Å². The van der Waals surface area contributed by atoms with Crippen LogP contribution in [0, 0.1) is 0 Å². The lowest BCUT2D eigenvalue weighted by molar-refractivity contribution is 0.189. The minimum absolute atomic E-state index is 0. The molecule has 3 rings (SSSR count). The van der Waals surface area contributed by atoms with Crippen LogP contribution in [0.3, 0.4) is 0 Å². The first-order chi connectivity index (χ1) is 10.2. The molecule has 1 aromatic heterocycles. The largest absolute Gasteiger partial charge is 0.484 e. The molecule has 1 aliphatic rings. The van der Waals surface area contributed by atoms with E-state index in [9.17, 15) is 0 Å². The van der Waals surface area contributed by atoms with Crippen molar-refractivity contribution < 1.29 is 9.26 Å². The Morgan fingerprint density at radius 2 is 2.36 bits per heavy atom. The van der Waals surface area contributed by atoms with E-state index < -0.39 is 0 Å². The summed E-state index contributed by atoms with van der Waals surface area (Å²) >= 11 is 5.90. The van der Waals surface area contributed by atoms with Crippen LogP contribution in [0.4, 0.5) is 0 Å². The molecule has 2 aromatic rings. The Hall–Kier alpha value is -1.34. The molecule has 1 atom stereocenters. The predicted octanol–water partition coefficient (Wildman–Crippen LogP) is 2.30. The van der Waals surface area contributed by atoms with Gasteiger partial charge in [0, 0.05) is 24.7 Å². The lowest BCUT2D eigenvalue weighted by Gasteiger charge is -2.30. The van der Waals surface area contributed by atoms with Gasteiger partial charge in [-0.2, -0.15) is 4.98 Å². The third-order valence-corrected chi connectivity index (χ3v) is 3.69. The molecular formula is C14H18Cl2N4O2. The summed E-state index contributed by atoms with van der Waals surface area (Å²) in [6.45, 7) is 3.00. The fraction of sp³-hybridized carbons (Fsp3) is 0.429. The molecule has 0 spiro atoms. The number of nitrogens with one attached hydrogen (secondary N) is 1. The first-order valence-corrected chi connectivity index (χ1v) is 7.22. The van der Waals surface area contributed by atoms with Gasteiger partial charge in [0.25, 0.3) is 5.89 Å². The molecule has 1 unspecified atom stereocenters. The summed E-state index contributed by atoms with van der Waals surface area (Å²) in [4.78, 5) is 6.62. The molecule has 120 valence electrons. The maximum absolute atomic E-state index is 5.90. The Bertz CT molecular complexity index is 608. The summed E-state index contributed by atoms with van der Waals surface area (Å²) in [5.41, 5.74) is 0. The third-order valence-electron chi connectivity index (χ3n) is 3.45. The van der Waals surface area contributed by atoms with Crippen molar-refractivity contribution in [2.24, 2.45) is 0 Å². The zero-order chi connectivity index (χ0) is 14.7. The summed E-state index contributed by atoms with van der Waals surface area (Å²) in [6.07, 6.45) is 0. The molecule has 1 saturated heterocycles. The monoisotopic (exact) mass is 344 g/mol. The van der Waals surface area contributed by atoms with E-state index in [1.807, 2.05) is 12.1 Å². The molecule has 0 saturated carbocycles. The predicted molar refractivity (Wildman–Crippen MR) is 85.6 cm³/mol. The van der Waals surface area contributed by atoms with Crippen LogP contribution >= 0.6 is 24.0 Å². The molecule has 0 amide bonds. The number of aromatic nitrogens is 2. The number of halogens is 2. The number of nitrogens with zero attached hydrogens (tertiary/aromatic N) is 3. The second-order valence-electron chi connectivity index (χ2n) is 4.99. The van der Waals surface area contributed by atoms with Crippen LogP contribution in [0.2, 0.25) is 5.02 Å². The Morgan fingerprint density at radius 1 is 1.50 bits per heavy atom. The van der Waals surface area contributed by atoms with Gasteiger partial charge in [0.1, 0.15) is 5.75 Å². The minimum Gasteiger partial charge on any atom is -0.484 e. The van der Waals surface area contributed by atoms with Gasteiger partial charge in [-0.3, -0.25) is 4.90 Å². The quantitative estimate of drug-likeness (QED) is 0.918. The second-order valence-corrected chi connectivity index (χ2v) is 5.43. The average Bonchev–Trinajstić information content (AvgIpc) is 2.94. The van der Waals surface area contributed by atoms with E-state index in [1.54, 1.807) is 12.1 Å². The first-order valence-electron chi connectivity index (χ1n) is 6.84. The average molecular weight is 345 g/mol. The molecule has 6 nitrogen and oxygen atoms in total. The van der Waals surface area contributed by atoms with E-state index in [0.717, 1.165) is 19.6 Å². The molecule has 1 aromatic carbocycles. The normalized spacial score (nSPS) is 18.7. The zero-order valence-corrected chi connectivity index (χ0v) is 13.7. The van der Waals surface area contributed by atoms with Crippen LogP contribution in [-0.2, 0) is 6.61 Å². The van der Waals surface area contributed by atoms with Crippen molar-refractivity contribution in [3.63, 3.8) is 0 Å². The van der Waals surface area contributed by atoms with E-state index in [2.05, 4.69) is 27.4 Å². The highest BCUT2D eigenvalue weighted by molar-refractivity contribution is 6.30. The van der Waals surface area contributed by atoms with Gasteiger partial charge in [-0.05, 0) is 25.2 Å². The van der Waals surface area contributed by atoms with Crippen LogP contribution in [0.5, 0.6) is 5.75 Å². The summed E-state index contributed by atoms with van der Waals surface area (Å²) in [5.74, 6) is 1.83. The van der Waals surface area contributed by atoms with Crippen molar-refractivity contribution in [3.8, 4) is 5.75 Å². The van der Waals surface area contributed by atoms with Gasteiger partial charge >= 0.3 is 0 Å². The van der Waals surface area contributed by atoms with Gasteiger partial charge in [-0.15, -0.1) is 12.4 Å². The molecular weight excluding hydrogens is 327 g/mol. The molecule has 0 radical (unpaired) electrons. The highest BCUT2D eigenvalue weighted by Gasteiger charge is 2.25. The van der Waals surface area contributed by atoms with Crippen molar-refractivity contribution in [1.82, 2.24) is 20.4 Å². The SMILES string of the molecule is CN1CCNCC1c1noc(COc2cccc(Cl)c2)n1.Cl. The third kappa shape index (κ3) is 4.10. The van der Waals surface area contributed by atoms with E-state index >= 15 is 0 Å². The van der Waals surface area contributed by atoms with Gasteiger partial charge in [0.2, 0.25) is 0 Å². The van der Waals surface area contributed by atoms with Crippen LogP contribution in [-0.4, -0.2) is 41.7 Å². The Morgan fingerprint density at radius 3 is 3.14 bits per heavy atom. The van der Waals surface area contributed by atoms with Crippen molar-refractivity contribution in [1.29, 1.82) is 0 Å². The Balaban J connectivity index is 0.00000176.